The summed E-state index contributed by atoms with van der Waals surface area (Å²) in [6, 6.07) is 0. The topological polar surface area (TPSA) is 72.3 Å². The molecular weight excluding hydrogens is 142 g/mol. The first-order chi connectivity index (χ1) is 5.08. The summed E-state index contributed by atoms with van der Waals surface area (Å²) in [4.78, 5) is 13.0. The Labute approximate surface area is 66.5 Å². The third-order valence-electron chi connectivity index (χ3n) is 1.97. The van der Waals surface area contributed by atoms with Gasteiger partial charge in [-0.25, -0.2) is 0 Å². The number of likely N-dealkylation sites (tertiary alicyclic amines) is 1. The molecule has 0 aromatic rings. The van der Waals surface area contributed by atoms with E-state index in [-0.39, 0.29) is 5.91 Å². The number of nitrogens with zero attached hydrogens (tertiary/aromatic N) is 1. The molecule has 0 bridgehead atoms. The summed E-state index contributed by atoms with van der Waals surface area (Å²) in [5.74, 6) is -0.112. The van der Waals surface area contributed by atoms with Gasteiger partial charge in [-0.15, -0.1) is 0 Å². The van der Waals surface area contributed by atoms with E-state index in [9.17, 15) is 4.79 Å². The Morgan fingerprint density at radius 3 is 2.64 bits per heavy atom. The number of hydrogen-bond donors (Lipinski definition) is 2. The number of amides is 1. The zero-order chi connectivity index (χ0) is 8.48. The SMILES string of the molecule is CCCN1CCC(N)(N)C1=O. The van der Waals surface area contributed by atoms with Crippen LogP contribution in [0.15, 0.2) is 0 Å². The van der Waals surface area contributed by atoms with E-state index >= 15 is 0 Å². The van der Waals surface area contributed by atoms with Gasteiger partial charge in [0, 0.05) is 19.5 Å². The highest BCUT2D eigenvalue weighted by atomic mass is 16.2. The quantitative estimate of drug-likeness (QED) is 0.518. The Morgan fingerprint density at radius 1 is 1.64 bits per heavy atom. The summed E-state index contributed by atoms with van der Waals surface area (Å²) >= 11 is 0. The molecule has 0 saturated carbocycles. The molecular formula is C7H15N3O. The van der Waals surface area contributed by atoms with Crippen LogP contribution >= 0.6 is 0 Å². The van der Waals surface area contributed by atoms with E-state index in [0.717, 1.165) is 13.0 Å². The lowest BCUT2D eigenvalue weighted by Crippen LogP contribution is -2.55. The van der Waals surface area contributed by atoms with Gasteiger partial charge in [0.2, 0.25) is 0 Å². The van der Waals surface area contributed by atoms with Crippen molar-refractivity contribution >= 4 is 5.91 Å². The van der Waals surface area contributed by atoms with Gasteiger partial charge in [-0.3, -0.25) is 4.79 Å². The molecule has 1 amide bonds. The molecule has 0 unspecified atom stereocenters. The molecule has 0 aromatic heterocycles. The van der Waals surface area contributed by atoms with E-state index in [1.165, 1.54) is 0 Å². The van der Waals surface area contributed by atoms with Gasteiger partial charge >= 0.3 is 0 Å². The average Bonchev–Trinajstić information content (AvgIpc) is 2.17. The maximum Gasteiger partial charge on any atom is 0.257 e. The fraction of sp³-hybridized carbons (Fsp3) is 0.857. The third kappa shape index (κ3) is 1.52. The molecule has 1 rings (SSSR count). The molecule has 1 aliphatic rings. The van der Waals surface area contributed by atoms with Crippen LogP contribution in [0.1, 0.15) is 19.8 Å². The smallest absolute Gasteiger partial charge is 0.257 e. The minimum Gasteiger partial charge on any atom is -0.340 e. The normalized spacial score (nSPS) is 22.8. The lowest BCUT2D eigenvalue weighted by atomic mass is 10.2. The van der Waals surface area contributed by atoms with Crippen LogP contribution in [0.5, 0.6) is 0 Å². The summed E-state index contributed by atoms with van der Waals surface area (Å²) in [6.07, 6.45) is 1.54. The van der Waals surface area contributed by atoms with Crippen molar-refractivity contribution in [2.24, 2.45) is 11.5 Å². The van der Waals surface area contributed by atoms with Crippen LogP contribution < -0.4 is 11.5 Å². The molecule has 64 valence electrons. The largest absolute Gasteiger partial charge is 0.340 e. The van der Waals surface area contributed by atoms with Crippen LogP contribution in [0.3, 0.4) is 0 Å². The molecule has 1 fully saturated rings. The monoisotopic (exact) mass is 157 g/mol. The van der Waals surface area contributed by atoms with Crippen LogP contribution in [0, 0.1) is 0 Å². The minimum atomic E-state index is -1.09. The van der Waals surface area contributed by atoms with Crippen molar-refractivity contribution in [1.82, 2.24) is 4.90 Å². The lowest BCUT2D eigenvalue weighted by Gasteiger charge is -2.18. The minimum absolute atomic E-state index is 0.112. The van der Waals surface area contributed by atoms with Crippen molar-refractivity contribution in [1.29, 1.82) is 0 Å². The van der Waals surface area contributed by atoms with Crippen molar-refractivity contribution in [2.45, 2.75) is 25.4 Å². The van der Waals surface area contributed by atoms with E-state index in [1.54, 1.807) is 4.90 Å². The maximum atomic E-state index is 11.3. The average molecular weight is 157 g/mol. The number of hydrogen-bond acceptors (Lipinski definition) is 3. The maximum absolute atomic E-state index is 11.3. The van der Waals surface area contributed by atoms with Crippen LogP contribution in [0.2, 0.25) is 0 Å². The number of rotatable bonds is 2. The zero-order valence-electron chi connectivity index (χ0n) is 6.84. The summed E-state index contributed by atoms with van der Waals surface area (Å²) in [5.41, 5.74) is 9.97. The van der Waals surface area contributed by atoms with Gasteiger partial charge in [0.1, 0.15) is 5.66 Å². The van der Waals surface area contributed by atoms with E-state index in [2.05, 4.69) is 0 Å². The lowest BCUT2D eigenvalue weighted by molar-refractivity contribution is -0.132. The predicted molar refractivity (Wildman–Crippen MR) is 42.6 cm³/mol. The molecule has 11 heavy (non-hydrogen) atoms. The molecule has 1 saturated heterocycles. The van der Waals surface area contributed by atoms with E-state index in [1.807, 2.05) is 6.92 Å². The van der Waals surface area contributed by atoms with E-state index in [0.29, 0.717) is 13.0 Å². The highest BCUT2D eigenvalue weighted by Crippen LogP contribution is 2.14. The van der Waals surface area contributed by atoms with Crippen molar-refractivity contribution in [3.63, 3.8) is 0 Å². The van der Waals surface area contributed by atoms with Gasteiger partial charge in [-0.05, 0) is 6.42 Å². The fourth-order valence-electron chi connectivity index (χ4n) is 1.31. The van der Waals surface area contributed by atoms with Crippen molar-refractivity contribution in [2.75, 3.05) is 13.1 Å². The molecule has 0 spiro atoms. The molecule has 4 nitrogen and oxygen atoms in total. The van der Waals surface area contributed by atoms with Gasteiger partial charge in [-0.1, -0.05) is 6.92 Å². The highest BCUT2D eigenvalue weighted by Gasteiger charge is 2.39. The summed E-state index contributed by atoms with van der Waals surface area (Å²) < 4.78 is 0. The Bertz CT molecular complexity index is 167. The summed E-state index contributed by atoms with van der Waals surface area (Å²) in [7, 11) is 0. The standard InChI is InChI=1S/C7H15N3O/c1-2-4-10-5-3-7(8,9)6(10)11/h2-5,8-9H2,1H3. The molecule has 0 aliphatic carbocycles. The van der Waals surface area contributed by atoms with Gasteiger partial charge in [-0.2, -0.15) is 0 Å². The second kappa shape index (κ2) is 2.79. The number of carbonyl (C=O) groups excluding carboxylic acids is 1. The molecule has 1 heterocycles. The second-order valence-electron chi connectivity index (χ2n) is 3.08. The van der Waals surface area contributed by atoms with Crippen LogP contribution in [0.25, 0.3) is 0 Å². The molecule has 0 aromatic carbocycles. The Kier molecular flexibility index (Phi) is 2.15. The molecule has 0 atom stereocenters. The van der Waals surface area contributed by atoms with Gasteiger partial charge in [0.25, 0.3) is 5.91 Å². The first-order valence-corrected chi connectivity index (χ1v) is 3.95. The molecule has 4 N–H and O–H groups in total. The van der Waals surface area contributed by atoms with Gasteiger partial charge < -0.3 is 16.4 Å². The van der Waals surface area contributed by atoms with Gasteiger partial charge in [0.05, 0.1) is 0 Å². The zero-order valence-corrected chi connectivity index (χ0v) is 6.84. The number of nitrogens with two attached hydrogens (primary N) is 2. The predicted octanol–water partition coefficient (Wildman–Crippen LogP) is -0.758. The van der Waals surface area contributed by atoms with Crippen LogP contribution in [-0.2, 0) is 4.79 Å². The van der Waals surface area contributed by atoms with E-state index in [4.69, 9.17) is 11.5 Å². The molecule has 4 heteroatoms. The van der Waals surface area contributed by atoms with Crippen molar-refractivity contribution in [3.05, 3.63) is 0 Å². The van der Waals surface area contributed by atoms with Crippen molar-refractivity contribution in [3.8, 4) is 0 Å². The summed E-state index contributed by atoms with van der Waals surface area (Å²) in [6.45, 7) is 3.51. The van der Waals surface area contributed by atoms with Gasteiger partial charge in [0.15, 0.2) is 0 Å². The molecule has 1 aliphatic heterocycles. The molecule has 0 radical (unpaired) electrons. The first kappa shape index (κ1) is 8.49. The Hall–Kier alpha value is -0.610. The van der Waals surface area contributed by atoms with E-state index < -0.39 is 5.66 Å². The van der Waals surface area contributed by atoms with Crippen LogP contribution in [-0.4, -0.2) is 29.6 Å². The fourth-order valence-corrected chi connectivity index (χ4v) is 1.31. The first-order valence-electron chi connectivity index (χ1n) is 3.95. The second-order valence-corrected chi connectivity index (χ2v) is 3.08. The van der Waals surface area contributed by atoms with Crippen molar-refractivity contribution < 1.29 is 4.79 Å². The highest BCUT2D eigenvalue weighted by molar-refractivity contribution is 5.87. The Morgan fingerprint density at radius 2 is 2.27 bits per heavy atom. The number of carbonyl (C=O) groups is 1. The Balaban J connectivity index is 2.56. The summed E-state index contributed by atoms with van der Waals surface area (Å²) in [5, 5.41) is 0. The third-order valence-corrected chi connectivity index (χ3v) is 1.97. The van der Waals surface area contributed by atoms with Crippen LogP contribution in [0.4, 0.5) is 0 Å².